The number of hydrogen-bond donors (Lipinski definition) is 1. The SMILES string of the molecule is CC(C)Cc1nc2ccc(C(=O)O)nc2o1. The van der Waals surface area contributed by atoms with Gasteiger partial charge in [-0.25, -0.2) is 14.8 Å². The van der Waals surface area contributed by atoms with Gasteiger partial charge in [-0.05, 0) is 18.1 Å². The summed E-state index contributed by atoms with van der Waals surface area (Å²) >= 11 is 0. The minimum Gasteiger partial charge on any atom is -0.477 e. The van der Waals surface area contributed by atoms with E-state index in [9.17, 15) is 4.79 Å². The van der Waals surface area contributed by atoms with Crippen molar-refractivity contribution < 1.29 is 14.3 Å². The lowest BCUT2D eigenvalue weighted by atomic mass is 10.1. The van der Waals surface area contributed by atoms with Crippen LogP contribution in [0.25, 0.3) is 11.2 Å². The van der Waals surface area contributed by atoms with Crippen molar-refractivity contribution in [1.82, 2.24) is 9.97 Å². The molecule has 2 aromatic rings. The lowest BCUT2D eigenvalue weighted by Crippen LogP contribution is -1.98. The summed E-state index contributed by atoms with van der Waals surface area (Å²) in [6, 6.07) is 3.03. The van der Waals surface area contributed by atoms with Crippen molar-refractivity contribution in [2.45, 2.75) is 20.3 Å². The highest BCUT2D eigenvalue weighted by molar-refractivity contribution is 5.87. The zero-order valence-corrected chi connectivity index (χ0v) is 9.10. The molecule has 5 nitrogen and oxygen atoms in total. The van der Waals surface area contributed by atoms with Gasteiger partial charge in [0, 0.05) is 6.42 Å². The lowest BCUT2D eigenvalue weighted by Gasteiger charge is -1.96. The molecule has 84 valence electrons. The third kappa shape index (κ3) is 2.03. The first-order valence-corrected chi connectivity index (χ1v) is 5.06. The summed E-state index contributed by atoms with van der Waals surface area (Å²) < 4.78 is 5.38. The Balaban J connectivity index is 2.42. The van der Waals surface area contributed by atoms with E-state index < -0.39 is 5.97 Å². The van der Waals surface area contributed by atoms with Crippen LogP contribution < -0.4 is 0 Å². The molecule has 0 saturated heterocycles. The van der Waals surface area contributed by atoms with Gasteiger partial charge in [-0.3, -0.25) is 0 Å². The summed E-state index contributed by atoms with van der Waals surface area (Å²) in [6.45, 7) is 4.12. The van der Waals surface area contributed by atoms with Gasteiger partial charge in [0.1, 0.15) is 5.52 Å². The summed E-state index contributed by atoms with van der Waals surface area (Å²) in [6.07, 6.45) is 0.721. The molecule has 2 aromatic heterocycles. The summed E-state index contributed by atoms with van der Waals surface area (Å²) in [4.78, 5) is 18.8. The van der Waals surface area contributed by atoms with Crippen LogP contribution in [0.1, 0.15) is 30.2 Å². The summed E-state index contributed by atoms with van der Waals surface area (Å²) in [5.41, 5.74) is 0.857. The predicted molar refractivity (Wildman–Crippen MR) is 57.3 cm³/mol. The lowest BCUT2D eigenvalue weighted by molar-refractivity contribution is 0.0690. The minimum atomic E-state index is -1.07. The number of aromatic carboxylic acids is 1. The number of oxazole rings is 1. The van der Waals surface area contributed by atoms with Crippen LogP contribution in [0, 0.1) is 5.92 Å². The normalized spacial score (nSPS) is 11.2. The monoisotopic (exact) mass is 220 g/mol. The first-order valence-electron chi connectivity index (χ1n) is 5.06. The Labute approximate surface area is 92.1 Å². The van der Waals surface area contributed by atoms with Gasteiger partial charge in [0.15, 0.2) is 11.6 Å². The topological polar surface area (TPSA) is 76.2 Å². The number of carboxylic acids is 1. The molecule has 0 aliphatic carbocycles. The number of aromatic nitrogens is 2. The first kappa shape index (κ1) is 10.6. The number of carboxylic acid groups (broad SMARTS) is 1. The molecule has 0 bridgehead atoms. The van der Waals surface area contributed by atoms with Gasteiger partial charge >= 0.3 is 5.97 Å². The molecule has 0 amide bonds. The molecule has 0 spiro atoms. The highest BCUT2D eigenvalue weighted by Crippen LogP contribution is 2.16. The van der Waals surface area contributed by atoms with E-state index in [1.807, 2.05) is 0 Å². The molecule has 2 heterocycles. The molecule has 0 unspecified atom stereocenters. The fraction of sp³-hybridized carbons (Fsp3) is 0.364. The number of hydrogen-bond acceptors (Lipinski definition) is 4. The van der Waals surface area contributed by atoms with Crippen molar-refractivity contribution >= 4 is 17.2 Å². The summed E-state index contributed by atoms with van der Waals surface area (Å²) in [7, 11) is 0. The second-order valence-corrected chi connectivity index (χ2v) is 4.03. The molecule has 0 atom stereocenters. The third-order valence-corrected chi connectivity index (χ3v) is 2.10. The van der Waals surface area contributed by atoms with Crippen LogP contribution in [-0.4, -0.2) is 21.0 Å². The average molecular weight is 220 g/mol. The van der Waals surface area contributed by atoms with Crippen molar-refractivity contribution in [3.8, 4) is 0 Å². The molecular weight excluding hydrogens is 208 g/mol. The Morgan fingerprint density at radius 2 is 2.19 bits per heavy atom. The van der Waals surface area contributed by atoms with Gasteiger partial charge in [-0.2, -0.15) is 0 Å². The van der Waals surface area contributed by atoms with E-state index in [1.54, 1.807) is 6.07 Å². The standard InChI is InChI=1S/C11H12N2O3/c1-6(2)5-9-12-7-3-4-8(11(14)15)13-10(7)16-9/h3-4,6H,5H2,1-2H3,(H,14,15). The van der Waals surface area contributed by atoms with Gasteiger partial charge in [0.2, 0.25) is 5.71 Å². The molecular formula is C11H12N2O3. The van der Waals surface area contributed by atoms with Gasteiger partial charge < -0.3 is 9.52 Å². The van der Waals surface area contributed by atoms with E-state index in [4.69, 9.17) is 9.52 Å². The van der Waals surface area contributed by atoms with Crippen molar-refractivity contribution in [2.75, 3.05) is 0 Å². The van der Waals surface area contributed by atoms with Gasteiger partial charge in [-0.15, -0.1) is 0 Å². The van der Waals surface area contributed by atoms with Crippen LogP contribution >= 0.6 is 0 Å². The van der Waals surface area contributed by atoms with Gasteiger partial charge in [-0.1, -0.05) is 13.8 Å². The van der Waals surface area contributed by atoms with E-state index >= 15 is 0 Å². The van der Waals surface area contributed by atoms with Crippen LogP contribution in [0.2, 0.25) is 0 Å². The fourth-order valence-electron chi connectivity index (χ4n) is 1.42. The van der Waals surface area contributed by atoms with Crippen LogP contribution in [0.4, 0.5) is 0 Å². The molecule has 2 rings (SSSR count). The molecule has 1 N–H and O–H groups in total. The van der Waals surface area contributed by atoms with Crippen LogP contribution in [0.15, 0.2) is 16.5 Å². The van der Waals surface area contributed by atoms with E-state index in [-0.39, 0.29) is 11.4 Å². The Bertz CT molecular complexity index is 531. The zero-order valence-electron chi connectivity index (χ0n) is 9.10. The molecule has 0 aliphatic rings. The third-order valence-electron chi connectivity index (χ3n) is 2.10. The molecule has 0 saturated carbocycles. The molecule has 0 aliphatic heterocycles. The summed E-state index contributed by atoms with van der Waals surface area (Å²) in [5.74, 6) is -0.0317. The van der Waals surface area contributed by atoms with Crippen molar-refractivity contribution in [1.29, 1.82) is 0 Å². The molecule has 16 heavy (non-hydrogen) atoms. The Kier molecular flexibility index (Phi) is 2.60. The molecule has 0 fully saturated rings. The molecule has 0 aromatic carbocycles. The zero-order chi connectivity index (χ0) is 11.7. The van der Waals surface area contributed by atoms with E-state index in [1.165, 1.54) is 6.07 Å². The fourth-order valence-corrected chi connectivity index (χ4v) is 1.42. The number of pyridine rings is 1. The van der Waals surface area contributed by atoms with Gasteiger partial charge in [0.05, 0.1) is 0 Å². The maximum Gasteiger partial charge on any atom is 0.354 e. The highest BCUT2D eigenvalue weighted by atomic mass is 16.4. The van der Waals surface area contributed by atoms with Gasteiger partial charge in [0.25, 0.3) is 0 Å². The number of fused-ring (bicyclic) bond motifs is 1. The second kappa shape index (κ2) is 3.92. The Morgan fingerprint density at radius 1 is 1.44 bits per heavy atom. The molecule has 5 heteroatoms. The van der Waals surface area contributed by atoms with Crippen LogP contribution in [-0.2, 0) is 6.42 Å². The number of carbonyl (C=O) groups is 1. The second-order valence-electron chi connectivity index (χ2n) is 4.03. The maximum atomic E-state index is 10.7. The first-order chi connectivity index (χ1) is 7.56. The van der Waals surface area contributed by atoms with Crippen molar-refractivity contribution in [3.63, 3.8) is 0 Å². The predicted octanol–water partition coefficient (Wildman–Crippen LogP) is 2.12. The maximum absolute atomic E-state index is 10.7. The quantitative estimate of drug-likeness (QED) is 0.857. The summed E-state index contributed by atoms with van der Waals surface area (Å²) in [5, 5.41) is 8.77. The van der Waals surface area contributed by atoms with Crippen molar-refractivity contribution in [2.24, 2.45) is 5.92 Å². The minimum absolute atomic E-state index is 0.0280. The van der Waals surface area contributed by atoms with E-state index in [0.29, 0.717) is 17.3 Å². The Morgan fingerprint density at radius 3 is 2.81 bits per heavy atom. The number of nitrogens with zero attached hydrogens (tertiary/aromatic N) is 2. The van der Waals surface area contributed by atoms with Crippen molar-refractivity contribution in [3.05, 3.63) is 23.7 Å². The van der Waals surface area contributed by atoms with Crippen LogP contribution in [0.3, 0.4) is 0 Å². The highest BCUT2D eigenvalue weighted by Gasteiger charge is 2.11. The van der Waals surface area contributed by atoms with Crippen LogP contribution in [0.5, 0.6) is 0 Å². The Hall–Kier alpha value is -1.91. The largest absolute Gasteiger partial charge is 0.477 e. The smallest absolute Gasteiger partial charge is 0.354 e. The average Bonchev–Trinajstić information content (AvgIpc) is 2.56. The van der Waals surface area contributed by atoms with E-state index in [2.05, 4.69) is 23.8 Å². The number of rotatable bonds is 3. The molecule has 0 radical (unpaired) electrons. The van der Waals surface area contributed by atoms with E-state index in [0.717, 1.165) is 6.42 Å².